The van der Waals surface area contributed by atoms with Gasteiger partial charge in [-0.3, -0.25) is 14.5 Å². The summed E-state index contributed by atoms with van der Waals surface area (Å²) in [4.78, 5) is 37.3. The van der Waals surface area contributed by atoms with E-state index in [1.807, 2.05) is 0 Å². The van der Waals surface area contributed by atoms with E-state index in [-0.39, 0.29) is 29.8 Å². The maximum absolute atomic E-state index is 12.2. The van der Waals surface area contributed by atoms with Gasteiger partial charge in [-0.2, -0.15) is 0 Å². The van der Waals surface area contributed by atoms with Gasteiger partial charge in [0.2, 0.25) is 11.8 Å². The van der Waals surface area contributed by atoms with Gasteiger partial charge in [0.05, 0.1) is 10.8 Å². The van der Waals surface area contributed by atoms with Gasteiger partial charge in [0.25, 0.3) is 0 Å². The van der Waals surface area contributed by atoms with Crippen molar-refractivity contribution in [1.29, 1.82) is 0 Å². The molecule has 1 aromatic rings. The Labute approximate surface area is 133 Å². The number of carbonyl (C=O) groups is 3. The van der Waals surface area contributed by atoms with Crippen LogP contribution in [0.4, 0.5) is 0 Å². The summed E-state index contributed by atoms with van der Waals surface area (Å²) in [5, 5.41) is 8.66. The number of likely N-dealkylation sites (tertiary alicyclic amines) is 1. The van der Waals surface area contributed by atoms with E-state index in [2.05, 4.69) is 15.9 Å². The Morgan fingerprint density at radius 1 is 1.33 bits per heavy atom. The van der Waals surface area contributed by atoms with E-state index in [4.69, 9.17) is 5.11 Å². The summed E-state index contributed by atoms with van der Waals surface area (Å²) >= 11 is 4.44. The van der Waals surface area contributed by atoms with Crippen LogP contribution in [-0.4, -0.2) is 39.1 Å². The Morgan fingerprint density at radius 3 is 2.67 bits per heavy atom. The summed E-state index contributed by atoms with van der Waals surface area (Å²) in [6.45, 7) is 0. The molecule has 1 heterocycles. The maximum atomic E-state index is 12.2. The predicted octanol–water partition coefficient (Wildman–Crippen LogP) is 2.53. The first-order valence-electron chi connectivity index (χ1n) is 6.53. The van der Waals surface area contributed by atoms with Gasteiger partial charge < -0.3 is 5.11 Å². The number of imide groups is 1. The van der Waals surface area contributed by atoms with Crippen LogP contribution in [0.5, 0.6) is 0 Å². The van der Waals surface area contributed by atoms with Crippen molar-refractivity contribution in [2.75, 3.05) is 0 Å². The zero-order chi connectivity index (χ0) is 15.1. The molecule has 0 bridgehead atoms. The van der Waals surface area contributed by atoms with Crippen LogP contribution >= 0.6 is 27.7 Å². The monoisotopic (exact) mass is 369 g/mol. The van der Waals surface area contributed by atoms with Crippen LogP contribution in [0.1, 0.15) is 29.6 Å². The van der Waals surface area contributed by atoms with E-state index in [1.165, 1.54) is 22.7 Å². The number of carboxylic acids is 1. The van der Waals surface area contributed by atoms with Crippen molar-refractivity contribution < 1.29 is 19.5 Å². The number of hydrogen-bond acceptors (Lipinski definition) is 4. The van der Waals surface area contributed by atoms with Gasteiger partial charge in [0.1, 0.15) is 0 Å². The minimum absolute atomic E-state index is 0.0927. The molecule has 1 saturated carbocycles. The Kier molecular flexibility index (Phi) is 3.79. The molecule has 0 radical (unpaired) electrons. The molecule has 2 fully saturated rings. The maximum Gasteiger partial charge on any atom is 0.336 e. The number of nitrogens with zero attached hydrogens (tertiary/aromatic N) is 1. The summed E-state index contributed by atoms with van der Waals surface area (Å²) in [7, 11) is 0. The lowest BCUT2D eigenvalue weighted by Crippen LogP contribution is -2.33. The number of thioether (sulfide) groups is 1. The fraction of sp³-hybridized carbons (Fsp3) is 0.357. The second-order valence-corrected chi connectivity index (χ2v) is 7.22. The van der Waals surface area contributed by atoms with Gasteiger partial charge in [-0.25, -0.2) is 4.79 Å². The summed E-state index contributed by atoms with van der Waals surface area (Å²) in [6.07, 6.45) is 1.99. The molecule has 1 N–H and O–H groups in total. The van der Waals surface area contributed by atoms with Crippen LogP contribution in [0.25, 0.3) is 0 Å². The van der Waals surface area contributed by atoms with E-state index in [0.29, 0.717) is 9.37 Å². The number of hydrogen-bond donors (Lipinski definition) is 1. The number of carboxylic acid groups (broad SMARTS) is 1. The first kappa shape index (κ1) is 14.6. The fourth-order valence-electron chi connectivity index (χ4n) is 2.34. The van der Waals surface area contributed by atoms with Crippen molar-refractivity contribution >= 4 is 45.5 Å². The van der Waals surface area contributed by atoms with Crippen molar-refractivity contribution in [3.05, 3.63) is 28.2 Å². The van der Waals surface area contributed by atoms with E-state index in [1.54, 1.807) is 12.1 Å². The normalized spacial score (nSPS) is 22.0. The minimum Gasteiger partial charge on any atom is -0.478 e. The second kappa shape index (κ2) is 5.46. The lowest BCUT2D eigenvalue weighted by Gasteiger charge is -2.13. The van der Waals surface area contributed by atoms with E-state index in [9.17, 15) is 14.4 Å². The molecule has 0 aromatic heterocycles. The lowest BCUT2D eigenvalue weighted by molar-refractivity contribution is -0.138. The van der Waals surface area contributed by atoms with Crippen LogP contribution in [0.15, 0.2) is 27.6 Å². The highest BCUT2D eigenvalue weighted by Gasteiger charge is 2.46. The lowest BCUT2D eigenvalue weighted by atomic mass is 10.2. The van der Waals surface area contributed by atoms with Crippen molar-refractivity contribution in [3.63, 3.8) is 0 Å². The largest absolute Gasteiger partial charge is 0.478 e. The van der Waals surface area contributed by atoms with E-state index in [0.717, 1.165) is 12.8 Å². The molecule has 5 nitrogen and oxygen atoms in total. The third-order valence-corrected chi connectivity index (χ3v) is 5.37. The Balaban J connectivity index is 1.78. The van der Waals surface area contributed by atoms with E-state index >= 15 is 0 Å². The zero-order valence-electron chi connectivity index (χ0n) is 10.9. The van der Waals surface area contributed by atoms with E-state index < -0.39 is 11.2 Å². The molecule has 1 aliphatic heterocycles. The van der Waals surface area contributed by atoms with Crippen LogP contribution in [0, 0.1) is 0 Å². The molecule has 7 heteroatoms. The number of carbonyl (C=O) groups excluding carboxylic acids is 2. The molecule has 2 aliphatic rings. The molecule has 21 heavy (non-hydrogen) atoms. The summed E-state index contributed by atoms with van der Waals surface area (Å²) in [6, 6.07) is 5.01. The Hall–Kier alpha value is -1.34. The van der Waals surface area contributed by atoms with Gasteiger partial charge in [0, 0.05) is 21.8 Å². The van der Waals surface area contributed by atoms with Crippen molar-refractivity contribution in [1.82, 2.24) is 4.90 Å². The van der Waals surface area contributed by atoms with Crippen molar-refractivity contribution in [2.45, 2.75) is 35.4 Å². The van der Waals surface area contributed by atoms with Crippen LogP contribution in [0.3, 0.4) is 0 Å². The number of benzene rings is 1. The molecule has 1 aliphatic carbocycles. The van der Waals surface area contributed by atoms with Gasteiger partial charge in [0.15, 0.2) is 0 Å². The fourth-order valence-corrected chi connectivity index (χ4v) is 3.85. The Morgan fingerprint density at radius 2 is 2.05 bits per heavy atom. The molecule has 1 aromatic carbocycles. The molecule has 3 rings (SSSR count). The van der Waals surface area contributed by atoms with Crippen molar-refractivity contribution in [2.24, 2.45) is 0 Å². The topological polar surface area (TPSA) is 74.7 Å². The molecule has 2 amide bonds. The number of rotatable bonds is 4. The van der Waals surface area contributed by atoms with Crippen LogP contribution < -0.4 is 0 Å². The zero-order valence-corrected chi connectivity index (χ0v) is 13.3. The minimum atomic E-state index is -1.03. The van der Waals surface area contributed by atoms with Crippen LogP contribution in [-0.2, 0) is 9.59 Å². The van der Waals surface area contributed by atoms with Crippen molar-refractivity contribution in [3.8, 4) is 0 Å². The highest BCUT2D eigenvalue weighted by Crippen LogP contribution is 2.38. The molecular weight excluding hydrogens is 358 g/mol. The molecule has 1 atom stereocenters. The molecule has 1 saturated heterocycles. The smallest absolute Gasteiger partial charge is 0.336 e. The predicted molar refractivity (Wildman–Crippen MR) is 80.2 cm³/mol. The molecular formula is C14H12BrNO4S. The Bertz CT molecular complexity index is 644. The average molecular weight is 370 g/mol. The van der Waals surface area contributed by atoms with Gasteiger partial charge in [-0.15, -0.1) is 11.8 Å². The first-order valence-corrected chi connectivity index (χ1v) is 8.20. The number of aromatic carboxylic acids is 1. The highest BCUT2D eigenvalue weighted by molar-refractivity contribution is 9.10. The average Bonchev–Trinajstić information content (AvgIpc) is 3.20. The first-order chi connectivity index (χ1) is 9.97. The van der Waals surface area contributed by atoms with Gasteiger partial charge in [-0.05, 0) is 47.0 Å². The quantitative estimate of drug-likeness (QED) is 0.825. The standard InChI is InChI=1S/C14H12BrNO4S/c15-10-4-3-8(5-9(10)14(19)20)21-11-6-12(17)16(13(11)18)7-1-2-7/h3-5,7,11H,1-2,6H2,(H,19,20). The SMILES string of the molecule is O=C(O)c1cc(SC2CC(=O)N(C3CC3)C2=O)ccc1Br. The summed E-state index contributed by atoms with van der Waals surface area (Å²) < 4.78 is 0.493. The van der Waals surface area contributed by atoms with Gasteiger partial charge in [-0.1, -0.05) is 0 Å². The summed E-state index contributed by atoms with van der Waals surface area (Å²) in [5.41, 5.74) is 0.149. The van der Waals surface area contributed by atoms with Crippen LogP contribution in [0.2, 0.25) is 0 Å². The molecule has 0 spiro atoms. The second-order valence-electron chi connectivity index (χ2n) is 5.09. The number of halogens is 1. The number of amides is 2. The summed E-state index contributed by atoms with van der Waals surface area (Å²) in [5.74, 6) is -1.29. The van der Waals surface area contributed by atoms with Gasteiger partial charge >= 0.3 is 5.97 Å². The molecule has 1 unspecified atom stereocenters. The molecule has 110 valence electrons. The third-order valence-electron chi connectivity index (χ3n) is 3.50. The third kappa shape index (κ3) is 2.85. The highest BCUT2D eigenvalue weighted by atomic mass is 79.9.